The molecule has 15 heavy (non-hydrogen) atoms. The number of benzene rings is 1. The number of nitro groups is 1. The van der Waals surface area contributed by atoms with E-state index in [1.807, 2.05) is 0 Å². The van der Waals surface area contributed by atoms with E-state index in [1.165, 1.54) is 12.1 Å². The second-order valence-corrected chi connectivity index (χ2v) is 5.42. The number of rotatable bonds is 3. The summed E-state index contributed by atoms with van der Waals surface area (Å²) in [5.74, 6) is 0. The summed E-state index contributed by atoms with van der Waals surface area (Å²) in [6, 6.07) is 4.68. The van der Waals surface area contributed by atoms with Crippen LogP contribution in [0.4, 0.5) is 5.69 Å². The number of nitro benzene ring substituents is 1. The van der Waals surface area contributed by atoms with Gasteiger partial charge in [-0.05, 0) is 22.9 Å². The molecule has 0 aliphatic rings. The Kier molecular flexibility index (Phi) is 5.78. The third-order valence-electron chi connectivity index (χ3n) is 1.25. The molecule has 0 atom stereocenters. The van der Waals surface area contributed by atoms with Crippen LogP contribution in [0.3, 0.4) is 0 Å². The van der Waals surface area contributed by atoms with Crippen LogP contribution < -0.4 is 29.6 Å². The molecule has 0 aliphatic heterocycles. The van der Waals surface area contributed by atoms with Crippen molar-refractivity contribution >= 4 is 25.6 Å². The summed E-state index contributed by atoms with van der Waals surface area (Å²) in [6.07, 6.45) is 0. The molecule has 0 N–H and O–H groups in total. The summed E-state index contributed by atoms with van der Waals surface area (Å²) < 4.78 is 30.9. The molecule has 0 aromatic heterocycles. The molecule has 0 unspecified atom stereocenters. The number of hydrogen-bond acceptors (Lipinski definition) is 6. The molecule has 0 aliphatic carbocycles. The molecule has 9 heteroatoms. The predicted octanol–water partition coefficient (Wildman–Crippen LogP) is -1.85. The third-order valence-corrected chi connectivity index (χ3v) is 3.10. The largest absolute Gasteiger partial charge is 1.00 e. The summed E-state index contributed by atoms with van der Waals surface area (Å²) in [7, 11) is -4.30. The van der Waals surface area contributed by atoms with Gasteiger partial charge in [0.1, 0.15) is 0 Å². The van der Waals surface area contributed by atoms with Gasteiger partial charge < -0.3 is 4.55 Å². The van der Waals surface area contributed by atoms with E-state index in [0.29, 0.717) is 0 Å². The van der Waals surface area contributed by atoms with Crippen LogP contribution in [0, 0.1) is 10.1 Å². The summed E-state index contributed by atoms with van der Waals surface area (Å²) in [4.78, 5) is 9.76. The molecule has 0 fully saturated rings. The van der Waals surface area contributed by atoms with Gasteiger partial charge in [0.2, 0.25) is 0 Å². The van der Waals surface area contributed by atoms with Crippen LogP contribution >= 0.6 is 10.8 Å². The van der Waals surface area contributed by atoms with Gasteiger partial charge in [0.25, 0.3) is 5.69 Å². The Morgan fingerprint density at radius 1 is 1.20 bits per heavy atom. The van der Waals surface area contributed by atoms with Gasteiger partial charge >= 0.3 is 29.6 Å². The van der Waals surface area contributed by atoms with Gasteiger partial charge in [0.15, 0.2) is 9.15 Å². The van der Waals surface area contributed by atoms with E-state index in [1.54, 1.807) is 0 Å². The maximum atomic E-state index is 10.3. The molecule has 0 spiro atoms. The zero-order chi connectivity index (χ0) is 10.8. The average Bonchev–Trinajstić information content (AvgIpc) is 2.02. The van der Waals surface area contributed by atoms with E-state index in [2.05, 4.69) is 0 Å². The van der Waals surface area contributed by atoms with Crippen LogP contribution in [0.5, 0.6) is 0 Å². The van der Waals surface area contributed by atoms with Crippen LogP contribution in [-0.4, -0.2) is 17.9 Å². The first-order valence-electron chi connectivity index (χ1n) is 3.28. The van der Waals surface area contributed by atoms with Crippen molar-refractivity contribution in [3.63, 3.8) is 0 Å². The molecule has 0 amide bonds. The first-order valence-corrected chi connectivity index (χ1v) is 6.02. The molecule has 0 heterocycles. The maximum absolute atomic E-state index is 10.3. The third kappa shape index (κ3) is 5.50. The first-order chi connectivity index (χ1) is 6.38. The fourth-order valence-electron chi connectivity index (χ4n) is 0.741. The van der Waals surface area contributed by atoms with Crippen molar-refractivity contribution < 1.29 is 47.5 Å². The van der Waals surface area contributed by atoms with Crippen molar-refractivity contribution in [3.05, 3.63) is 34.4 Å². The van der Waals surface area contributed by atoms with Gasteiger partial charge in [-0.25, -0.2) is 8.42 Å². The number of nitrogens with zero attached hydrogens (tertiary/aromatic N) is 1. The molecule has 1 aromatic carbocycles. The van der Waals surface area contributed by atoms with Crippen molar-refractivity contribution in [2.75, 3.05) is 0 Å². The van der Waals surface area contributed by atoms with Crippen LogP contribution in [0.2, 0.25) is 0 Å². The molecular weight excluding hydrogens is 253 g/mol. The maximum Gasteiger partial charge on any atom is 1.00 e. The van der Waals surface area contributed by atoms with Crippen molar-refractivity contribution in [2.45, 2.75) is 4.90 Å². The quantitative estimate of drug-likeness (QED) is 0.207. The fraction of sp³-hybridized carbons (Fsp3) is 0. The normalized spacial score (nSPS) is 10.5. The van der Waals surface area contributed by atoms with E-state index in [-0.39, 0.29) is 50.9 Å². The van der Waals surface area contributed by atoms with Crippen molar-refractivity contribution in [1.29, 1.82) is 0 Å². The van der Waals surface area contributed by atoms with E-state index >= 15 is 0 Å². The number of hydrogen-bond donors (Lipinski definition) is 0. The van der Waals surface area contributed by atoms with Gasteiger partial charge in [-0.3, -0.25) is 10.1 Å². The molecule has 0 bridgehead atoms. The monoisotopic (exact) mass is 257 g/mol. The van der Waals surface area contributed by atoms with Gasteiger partial charge in [-0.15, -0.1) is 0 Å². The summed E-state index contributed by atoms with van der Waals surface area (Å²) >= 11 is 0. The second kappa shape index (κ2) is 5.83. The standard InChI is InChI=1S/C6H5NO5S2.Na/c8-7(9)5-1-3-6(4-2-5)13-14(10,11)12;/h1-4H,(H,10,11,12);/q;+1/p-1. The summed E-state index contributed by atoms with van der Waals surface area (Å²) in [5, 5.41) is 10.2. The van der Waals surface area contributed by atoms with Gasteiger partial charge in [-0.2, -0.15) is 0 Å². The first kappa shape index (κ1) is 14.9. The Hall–Kier alpha value is -0.120. The zero-order valence-corrected chi connectivity index (χ0v) is 11.2. The van der Waals surface area contributed by atoms with Gasteiger partial charge in [0, 0.05) is 17.0 Å². The molecule has 0 radical (unpaired) electrons. The molecule has 0 saturated carbocycles. The molecule has 1 aromatic rings. The van der Waals surface area contributed by atoms with E-state index < -0.39 is 14.1 Å². The Morgan fingerprint density at radius 2 is 1.67 bits per heavy atom. The van der Waals surface area contributed by atoms with Gasteiger partial charge in [0.05, 0.1) is 4.92 Å². The van der Waals surface area contributed by atoms with E-state index in [0.717, 1.165) is 12.1 Å². The van der Waals surface area contributed by atoms with Crippen molar-refractivity contribution in [1.82, 2.24) is 0 Å². The number of non-ortho nitro benzene ring substituents is 1. The molecule has 76 valence electrons. The van der Waals surface area contributed by atoms with Crippen LogP contribution in [-0.2, 0) is 9.15 Å². The molecule has 1 rings (SSSR count). The van der Waals surface area contributed by atoms with Crippen LogP contribution in [0.25, 0.3) is 0 Å². The molecular formula is C6H4NNaO5S2. The zero-order valence-electron chi connectivity index (χ0n) is 7.61. The van der Waals surface area contributed by atoms with Crippen LogP contribution in [0.15, 0.2) is 29.2 Å². The summed E-state index contributed by atoms with van der Waals surface area (Å²) in [6.45, 7) is 0. The van der Waals surface area contributed by atoms with E-state index in [4.69, 9.17) is 0 Å². The minimum Gasteiger partial charge on any atom is -0.739 e. The Balaban J connectivity index is 0.00000196. The van der Waals surface area contributed by atoms with Gasteiger partial charge in [-0.1, -0.05) is 0 Å². The Bertz CT molecular complexity index is 443. The topological polar surface area (TPSA) is 100 Å². The van der Waals surface area contributed by atoms with E-state index in [9.17, 15) is 23.1 Å². The average molecular weight is 257 g/mol. The minimum atomic E-state index is -4.41. The Morgan fingerprint density at radius 3 is 2.00 bits per heavy atom. The summed E-state index contributed by atoms with van der Waals surface area (Å²) in [5.41, 5.74) is -0.155. The predicted molar refractivity (Wildman–Crippen MR) is 48.7 cm³/mol. The molecule has 0 saturated heterocycles. The second-order valence-electron chi connectivity index (χ2n) is 2.24. The van der Waals surface area contributed by atoms with Crippen LogP contribution in [0.1, 0.15) is 0 Å². The smallest absolute Gasteiger partial charge is 0.739 e. The van der Waals surface area contributed by atoms with Crippen molar-refractivity contribution in [2.24, 2.45) is 0 Å². The van der Waals surface area contributed by atoms with Crippen molar-refractivity contribution in [3.8, 4) is 0 Å². The fourth-order valence-corrected chi connectivity index (χ4v) is 2.26. The SMILES string of the molecule is O=[N+]([O-])c1ccc(SS(=O)(=O)[O-])cc1.[Na+]. The molecule has 6 nitrogen and oxygen atoms in total. The minimum absolute atomic E-state index is 0. The Labute approximate surface area is 112 Å².